The van der Waals surface area contributed by atoms with E-state index in [1.165, 1.54) is 18.9 Å². The van der Waals surface area contributed by atoms with Crippen molar-refractivity contribution in [2.75, 3.05) is 0 Å². The molecule has 4 nitrogen and oxygen atoms in total. The second-order valence-corrected chi connectivity index (χ2v) is 3.42. The van der Waals surface area contributed by atoms with Crippen LogP contribution < -0.4 is 5.43 Å². The Bertz CT molecular complexity index is 507. The molecule has 2 aromatic rings. The molecule has 1 N–H and O–H groups in total. The second-order valence-electron chi connectivity index (χ2n) is 3.42. The lowest BCUT2D eigenvalue weighted by atomic mass is 10.3. The quantitative estimate of drug-likeness (QED) is 0.704. The van der Waals surface area contributed by atoms with E-state index in [2.05, 4.69) is 10.1 Å². The lowest BCUT2D eigenvalue weighted by Crippen LogP contribution is -2.01. The number of pyridine rings is 1. The average Bonchev–Trinajstić information content (AvgIpc) is 2.87. The Morgan fingerprint density at radius 1 is 1.54 bits per heavy atom. The fourth-order valence-corrected chi connectivity index (χ4v) is 1.57. The maximum atomic E-state index is 11.4. The standard InChI is InChI=1S/C9H9N3O/c13-8-3-4-10-9-7(8)5-11-12(9)6-1-2-6/h3-6H,1-2H2,(H,10,13). The van der Waals surface area contributed by atoms with Gasteiger partial charge in [0.2, 0.25) is 0 Å². The van der Waals surface area contributed by atoms with Crippen molar-refractivity contribution in [2.24, 2.45) is 0 Å². The minimum absolute atomic E-state index is 0.0423. The third kappa shape index (κ3) is 0.915. The Balaban J connectivity index is 2.38. The zero-order chi connectivity index (χ0) is 8.84. The molecule has 0 radical (unpaired) electrons. The molecule has 0 aromatic carbocycles. The number of nitrogens with zero attached hydrogens (tertiary/aromatic N) is 2. The number of nitrogens with one attached hydrogen (secondary N) is 1. The minimum Gasteiger partial charge on any atom is -0.346 e. The molecular formula is C9H9N3O. The number of aromatic amines is 1. The fourth-order valence-electron chi connectivity index (χ4n) is 1.57. The third-order valence-corrected chi connectivity index (χ3v) is 2.41. The summed E-state index contributed by atoms with van der Waals surface area (Å²) < 4.78 is 1.91. The summed E-state index contributed by atoms with van der Waals surface area (Å²) in [4.78, 5) is 14.4. The van der Waals surface area contributed by atoms with Gasteiger partial charge in [-0.2, -0.15) is 5.10 Å². The van der Waals surface area contributed by atoms with Gasteiger partial charge in [-0.05, 0) is 12.8 Å². The predicted molar refractivity (Wildman–Crippen MR) is 48.6 cm³/mol. The van der Waals surface area contributed by atoms with E-state index in [1.807, 2.05) is 4.68 Å². The van der Waals surface area contributed by atoms with Crippen molar-refractivity contribution in [3.05, 3.63) is 28.7 Å². The number of rotatable bonds is 1. The smallest absolute Gasteiger partial charge is 0.192 e. The molecule has 1 fully saturated rings. The Hall–Kier alpha value is -1.58. The van der Waals surface area contributed by atoms with Gasteiger partial charge < -0.3 is 4.98 Å². The van der Waals surface area contributed by atoms with Crippen LogP contribution in [0.4, 0.5) is 0 Å². The molecule has 0 atom stereocenters. The van der Waals surface area contributed by atoms with Gasteiger partial charge in [-0.25, -0.2) is 4.68 Å². The average molecular weight is 175 g/mol. The zero-order valence-corrected chi connectivity index (χ0v) is 7.03. The van der Waals surface area contributed by atoms with E-state index in [0.717, 1.165) is 5.65 Å². The third-order valence-electron chi connectivity index (χ3n) is 2.41. The lowest BCUT2D eigenvalue weighted by molar-refractivity contribution is 0.658. The van der Waals surface area contributed by atoms with Crippen molar-refractivity contribution in [1.82, 2.24) is 14.8 Å². The number of fused-ring (bicyclic) bond motifs is 1. The van der Waals surface area contributed by atoms with E-state index in [1.54, 1.807) is 12.4 Å². The van der Waals surface area contributed by atoms with Crippen LogP contribution in [0.1, 0.15) is 18.9 Å². The summed E-state index contributed by atoms with van der Waals surface area (Å²) in [6, 6.07) is 2.04. The van der Waals surface area contributed by atoms with Crippen LogP contribution in [0.5, 0.6) is 0 Å². The minimum atomic E-state index is 0.0423. The van der Waals surface area contributed by atoms with Crippen LogP contribution in [-0.4, -0.2) is 14.8 Å². The molecule has 0 amide bonds. The van der Waals surface area contributed by atoms with Gasteiger partial charge in [0.15, 0.2) is 5.43 Å². The predicted octanol–water partition coefficient (Wildman–Crippen LogP) is 1.06. The van der Waals surface area contributed by atoms with Gasteiger partial charge in [0.05, 0.1) is 17.6 Å². The summed E-state index contributed by atoms with van der Waals surface area (Å²) in [5.74, 6) is 0. The summed E-state index contributed by atoms with van der Waals surface area (Å²) in [6.45, 7) is 0. The molecule has 0 unspecified atom stereocenters. The second kappa shape index (κ2) is 2.22. The zero-order valence-electron chi connectivity index (χ0n) is 7.03. The summed E-state index contributed by atoms with van der Waals surface area (Å²) in [6.07, 6.45) is 5.67. The van der Waals surface area contributed by atoms with Crippen LogP contribution in [-0.2, 0) is 0 Å². The largest absolute Gasteiger partial charge is 0.346 e. The number of aromatic nitrogens is 3. The van der Waals surface area contributed by atoms with Gasteiger partial charge in [0.1, 0.15) is 5.65 Å². The van der Waals surface area contributed by atoms with Crippen LogP contribution in [0, 0.1) is 0 Å². The van der Waals surface area contributed by atoms with Crippen LogP contribution in [0.25, 0.3) is 11.0 Å². The highest BCUT2D eigenvalue weighted by Crippen LogP contribution is 2.35. The van der Waals surface area contributed by atoms with E-state index in [0.29, 0.717) is 11.4 Å². The molecule has 3 rings (SSSR count). The van der Waals surface area contributed by atoms with Gasteiger partial charge in [-0.1, -0.05) is 0 Å². The molecule has 0 saturated heterocycles. The van der Waals surface area contributed by atoms with E-state index in [4.69, 9.17) is 0 Å². The van der Waals surface area contributed by atoms with E-state index >= 15 is 0 Å². The molecule has 2 heterocycles. The van der Waals surface area contributed by atoms with Crippen molar-refractivity contribution >= 4 is 11.0 Å². The van der Waals surface area contributed by atoms with Gasteiger partial charge in [-0.3, -0.25) is 4.79 Å². The summed E-state index contributed by atoms with van der Waals surface area (Å²) in [7, 11) is 0. The molecule has 66 valence electrons. The Morgan fingerprint density at radius 3 is 3.15 bits per heavy atom. The number of hydrogen-bond donors (Lipinski definition) is 1. The van der Waals surface area contributed by atoms with Gasteiger partial charge in [-0.15, -0.1) is 0 Å². The maximum Gasteiger partial charge on any atom is 0.192 e. The van der Waals surface area contributed by atoms with E-state index in [-0.39, 0.29) is 5.43 Å². The molecule has 2 aromatic heterocycles. The molecule has 1 aliphatic rings. The van der Waals surface area contributed by atoms with Gasteiger partial charge in [0.25, 0.3) is 0 Å². The van der Waals surface area contributed by atoms with Crippen LogP contribution in [0.2, 0.25) is 0 Å². The SMILES string of the molecule is O=c1cc[nH]c2c1cnn2C1CC1. The van der Waals surface area contributed by atoms with Gasteiger partial charge in [0, 0.05) is 12.3 Å². The Morgan fingerprint density at radius 2 is 2.38 bits per heavy atom. The topological polar surface area (TPSA) is 50.7 Å². The Kier molecular flexibility index (Phi) is 1.17. The van der Waals surface area contributed by atoms with Crippen molar-refractivity contribution in [3.63, 3.8) is 0 Å². The molecule has 1 saturated carbocycles. The molecule has 0 aliphatic heterocycles. The first-order valence-corrected chi connectivity index (χ1v) is 4.41. The summed E-state index contributed by atoms with van der Waals surface area (Å²) in [5.41, 5.74) is 0.899. The molecule has 0 bridgehead atoms. The monoisotopic (exact) mass is 175 g/mol. The van der Waals surface area contributed by atoms with Crippen molar-refractivity contribution < 1.29 is 0 Å². The lowest BCUT2D eigenvalue weighted by Gasteiger charge is -1.97. The fraction of sp³-hybridized carbons (Fsp3) is 0.333. The highest BCUT2D eigenvalue weighted by molar-refractivity contribution is 5.73. The molecule has 1 aliphatic carbocycles. The normalized spacial score (nSPS) is 16.6. The van der Waals surface area contributed by atoms with Crippen molar-refractivity contribution in [1.29, 1.82) is 0 Å². The van der Waals surface area contributed by atoms with Crippen LogP contribution in [0.15, 0.2) is 23.3 Å². The number of hydrogen-bond acceptors (Lipinski definition) is 2. The Labute approximate surface area is 74.2 Å². The van der Waals surface area contributed by atoms with Crippen LogP contribution in [0.3, 0.4) is 0 Å². The summed E-state index contributed by atoms with van der Waals surface area (Å²) >= 11 is 0. The highest BCUT2D eigenvalue weighted by Gasteiger charge is 2.26. The van der Waals surface area contributed by atoms with E-state index < -0.39 is 0 Å². The van der Waals surface area contributed by atoms with E-state index in [9.17, 15) is 4.79 Å². The number of H-pyrrole nitrogens is 1. The molecule has 13 heavy (non-hydrogen) atoms. The van der Waals surface area contributed by atoms with Crippen molar-refractivity contribution in [2.45, 2.75) is 18.9 Å². The first-order chi connectivity index (χ1) is 6.36. The van der Waals surface area contributed by atoms with Crippen LogP contribution >= 0.6 is 0 Å². The maximum absolute atomic E-state index is 11.4. The molecule has 4 heteroatoms. The molecular weight excluding hydrogens is 166 g/mol. The highest BCUT2D eigenvalue weighted by atomic mass is 16.1. The molecule has 0 spiro atoms. The van der Waals surface area contributed by atoms with Crippen molar-refractivity contribution in [3.8, 4) is 0 Å². The summed E-state index contributed by atoms with van der Waals surface area (Å²) in [5, 5.41) is 4.89. The first kappa shape index (κ1) is 6.88. The van der Waals surface area contributed by atoms with Gasteiger partial charge >= 0.3 is 0 Å². The first-order valence-electron chi connectivity index (χ1n) is 4.41.